The molecular weight excluding hydrogens is 1230 g/mol. The van der Waals surface area contributed by atoms with Gasteiger partial charge >= 0.3 is 0 Å². The highest BCUT2D eigenvalue weighted by atomic mass is 15.4. The lowest BCUT2D eigenvalue weighted by Crippen LogP contribution is -2.88. The normalized spacial score (nSPS) is 43.5. The first-order valence-electron chi connectivity index (χ1n) is 41.9. The quantitative estimate of drug-likeness (QED) is 0.153. The van der Waals surface area contributed by atoms with Crippen molar-refractivity contribution in [1.29, 1.82) is 0 Å². The highest BCUT2D eigenvalue weighted by Gasteiger charge is 2.79. The molecule has 17 aliphatic rings. The van der Waals surface area contributed by atoms with Crippen LogP contribution in [0.3, 0.4) is 0 Å². The standard InChI is InChI=1S/C94H100B2N6/c1-7-27-55(28-8-1)81-61-39-23-45-67-83(61)87-85-63(81)41-25-49-71(85)101-75-52-76-74(51-73(75)99(59-35-15-5-16-36-59)79-53-77-91(89(87)93(79)101)95(67)65-43-19-21-47-69(65)97(77)57-31-11-3-12-32-57)100(60-37-17-6-18-38-60)80-54-78-92-90-88-84-62(82(56-29-9-2-10-30-56)64-42-26-50-72(86(64)88)102(76)94(80)90)40-24-46-68(84)96(92)66-44-20-22-48-70(66)98(78)58-33-13-4-14-34-58/h1-22,27-38,43-44,47-48,61-64,67-68,71-94H,23-26,39-42,45-46,49-54H2. The second-order valence-corrected chi connectivity index (χ2v) is 36.9. The zero-order valence-electron chi connectivity index (χ0n) is 59.4. The van der Waals surface area contributed by atoms with Crippen molar-refractivity contribution in [2.45, 2.75) is 210 Å². The number of anilines is 6. The molecular formula is C94H100B2N6. The highest BCUT2D eigenvalue weighted by molar-refractivity contribution is 6.79. The SMILES string of the molecule is c1ccc(C2C3CCCC4B5c6ccccc6N(c6ccccc6)C6CC7C8C(C56)C(C43)C3C2CCCC3N8C2CC3C(CC2N7c2ccccc2)N(c2ccccc2)C2CC4C5B(c6ccccc6N4c4ccccc4)C4CCCC6C(c7ccccc7)C7CCCC8C7C(C46)C5C2N83)cc1. The third kappa shape index (κ3) is 7.74. The van der Waals surface area contributed by atoms with Crippen LogP contribution in [0.4, 0.5) is 34.1 Å². The molecule has 6 saturated heterocycles. The fourth-order valence-corrected chi connectivity index (χ4v) is 33.2. The lowest BCUT2D eigenvalue weighted by molar-refractivity contribution is -0.221. The summed E-state index contributed by atoms with van der Waals surface area (Å²) in [6.45, 7) is 1.17. The lowest BCUT2D eigenvalue weighted by atomic mass is 9.16. The number of piperazine rings is 2. The average molecular weight is 1340 g/mol. The lowest BCUT2D eigenvalue weighted by Gasteiger charge is -2.80. The summed E-state index contributed by atoms with van der Waals surface area (Å²) in [5.74, 6) is 12.8. The third-order valence-electron chi connectivity index (χ3n) is 34.5. The van der Waals surface area contributed by atoms with Crippen molar-refractivity contribution in [3.63, 3.8) is 0 Å². The fourth-order valence-electron chi connectivity index (χ4n) is 33.2. The number of hydrogen-bond donors (Lipinski definition) is 0. The third-order valence-corrected chi connectivity index (χ3v) is 34.5. The molecule has 0 spiro atoms. The molecule has 102 heavy (non-hydrogen) atoms. The van der Waals surface area contributed by atoms with Gasteiger partial charge in [0.25, 0.3) is 0 Å². The van der Waals surface area contributed by atoms with E-state index in [9.17, 15) is 0 Å². The van der Waals surface area contributed by atoms with Crippen LogP contribution >= 0.6 is 0 Å². The number of piperidine rings is 2. The minimum absolute atomic E-state index is 0.380. The summed E-state index contributed by atoms with van der Waals surface area (Å²) >= 11 is 0. The molecule has 0 aromatic heterocycles. The van der Waals surface area contributed by atoms with Gasteiger partial charge in [-0.25, -0.2) is 0 Å². The van der Waals surface area contributed by atoms with E-state index in [-0.39, 0.29) is 0 Å². The van der Waals surface area contributed by atoms with Crippen molar-refractivity contribution in [2.75, 3.05) is 19.6 Å². The van der Waals surface area contributed by atoms with Crippen molar-refractivity contribution >= 4 is 58.5 Å². The largest absolute Gasteiger partial charge is 0.362 e. The number of para-hydroxylation sites is 6. The maximum atomic E-state index is 3.65. The monoisotopic (exact) mass is 1330 g/mol. The van der Waals surface area contributed by atoms with Gasteiger partial charge in [-0.3, -0.25) is 9.80 Å². The van der Waals surface area contributed by atoms with Crippen LogP contribution in [0.2, 0.25) is 23.3 Å². The summed E-state index contributed by atoms with van der Waals surface area (Å²) in [6, 6.07) is 99.8. The van der Waals surface area contributed by atoms with Gasteiger partial charge in [0.1, 0.15) is 0 Å². The Kier molecular flexibility index (Phi) is 13.0. The number of rotatable bonds is 6. The van der Waals surface area contributed by atoms with Crippen LogP contribution in [0, 0.1) is 71.0 Å². The summed E-state index contributed by atoms with van der Waals surface area (Å²) in [5.41, 5.74) is 15.7. The highest BCUT2D eigenvalue weighted by Crippen LogP contribution is 2.78. The summed E-state index contributed by atoms with van der Waals surface area (Å²) in [5, 5.41) is 0. The maximum absolute atomic E-state index is 3.65. The molecule has 8 aliphatic heterocycles. The smallest absolute Gasteiger partial charge is 0.187 e. The molecule has 30 unspecified atom stereocenters. The summed E-state index contributed by atoms with van der Waals surface area (Å²) in [7, 11) is 0. The summed E-state index contributed by atoms with van der Waals surface area (Å²) in [6.07, 6.45) is 21.8. The van der Waals surface area contributed by atoms with E-state index in [2.05, 4.69) is 260 Å². The fraction of sp³-hybridized carbons (Fsp3) is 0.489. The van der Waals surface area contributed by atoms with Gasteiger partial charge in [-0.15, -0.1) is 0 Å². The van der Waals surface area contributed by atoms with Crippen LogP contribution in [0.1, 0.15) is 126 Å². The van der Waals surface area contributed by atoms with Gasteiger partial charge in [-0.2, -0.15) is 0 Å². The van der Waals surface area contributed by atoms with Crippen LogP contribution in [0.25, 0.3) is 0 Å². The van der Waals surface area contributed by atoms with Crippen LogP contribution in [-0.2, 0) is 0 Å². The Morgan fingerprint density at radius 1 is 0.255 bits per heavy atom. The predicted octanol–water partition coefficient (Wildman–Crippen LogP) is 18.0. The average Bonchev–Trinajstić information content (AvgIpc) is 0.660. The van der Waals surface area contributed by atoms with Gasteiger partial charge in [-0.1, -0.05) is 231 Å². The van der Waals surface area contributed by atoms with Crippen molar-refractivity contribution in [3.8, 4) is 0 Å². The Labute approximate surface area is 607 Å². The van der Waals surface area contributed by atoms with Gasteiger partial charge in [0.05, 0.1) is 0 Å². The number of benzene rings is 8. The van der Waals surface area contributed by atoms with Gasteiger partial charge in [-0.05, 0) is 230 Å². The Balaban J connectivity index is 0.723. The van der Waals surface area contributed by atoms with Crippen LogP contribution in [0.5, 0.6) is 0 Å². The molecule has 9 saturated carbocycles. The van der Waals surface area contributed by atoms with E-state index in [1.165, 1.54) is 137 Å². The minimum atomic E-state index is 0.380. The van der Waals surface area contributed by atoms with Crippen molar-refractivity contribution in [3.05, 3.63) is 242 Å². The molecule has 8 heterocycles. The zero-order valence-corrected chi connectivity index (χ0v) is 59.4. The topological polar surface area (TPSA) is 19.4 Å². The molecule has 0 bridgehead atoms. The second kappa shape index (κ2) is 22.3. The van der Waals surface area contributed by atoms with E-state index in [0.29, 0.717) is 121 Å². The zero-order chi connectivity index (χ0) is 65.9. The van der Waals surface area contributed by atoms with Crippen LogP contribution in [0.15, 0.2) is 231 Å². The summed E-state index contributed by atoms with van der Waals surface area (Å²) < 4.78 is 0. The van der Waals surface area contributed by atoms with Crippen molar-refractivity contribution < 1.29 is 0 Å². The number of hydrogen-bond acceptors (Lipinski definition) is 6. The maximum Gasteiger partial charge on any atom is 0.187 e. The number of fused-ring (bicyclic) bond motifs is 12. The van der Waals surface area contributed by atoms with Gasteiger partial charge < -0.3 is 19.6 Å². The molecule has 0 radical (unpaired) electrons. The first-order valence-corrected chi connectivity index (χ1v) is 41.9. The molecule has 25 rings (SSSR count). The van der Waals surface area contributed by atoms with E-state index in [1.54, 1.807) is 22.1 Å². The van der Waals surface area contributed by atoms with Gasteiger partial charge in [0.15, 0.2) is 13.4 Å². The van der Waals surface area contributed by atoms with Crippen molar-refractivity contribution in [1.82, 2.24) is 9.80 Å². The summed E-state index contributed by atoms with van der Waals surface area (Å²) in [4.78, 5) is 20.0. The second-order valence-electron chi connectivity index (χ2n) is 36.9. The molecule has 15 fully saturated rings. The van der Waals surface area contributed by atoms with Crippen LogP contribution < -0.4 is 30.5 Å². The number of nitrogens with zero attached hydrogens (tertiary/aromatic N) is 6. The molecule has 0 amide bonds. The molecule has 8 heteroatoms. The molecule has 0 N–H and O–H groups in total. The first-order chi connectivity index (χ1) is 50.7. The molecule has 6 nitrogen and oxygen atoms in total. The molecule has 8 aromatic carbocycles. The molecule has 512 valence electrons. The first kappa shape index (κ1) is 59.3. The Bertz CT molecular complexity index is 4230. The van der Waals surface area contributed by atoms with E-state index in [0.717, 1.165) is 70.8 Å². The van der Waals surface area contributed by atoms with E-state index < -0.39 is 0 Å². The van der Waals surface area contributed by atoms with Gasteiger partial charge in [0, 0.05) is 107 Å². The Hall–Kier alpha value is -6.99. The molecule has 8 aromatic rings. The van der Waals surface area contributed by atoms with E-state index in [1.807, 2.05) is 0 Å². The van der Waals surface area contributed by atoms with Crippen LogP contribution in [-0.4, -0.2) is 95.7 Å². The predicted molar refractivity (Wildman–Crippen MR) is 417 cm³/mol. The Morgan fingerprint density at radius 3 is 1.00 bits per heavy atom. The Morgan fingerprint density at radius 2 is 0.588 bits per heavy atom. The van der Waals surface area contributed by atoms with E-state index >= 15 is 0 Å². The molecule has 30 atom stereocenters. The molecule has 9 aliphatic carbocycles. The van der Waals surface area contributed by atoms with E-state index in [4.69, 9.17) is 0 Å². The van der Waals surface area contributed by atoms with Gasteiger partial charge in [0.2, 0.25) is 0 Å². The van der Waals surface area contributed by atoms with Crippen molar-refractivity contribution in [2.24, 2.45) is 71.0 Å². The minimum Gasteiger partial charge on any atom is -0.362 e.